The second kappa shape index (κ2) is 7.67. The number of H-pyrrole nitrogens is 1. The fraction of sp³-hybridized carbons (Fsp3) is 0.429. The molecule has 2 aromatic rings. The standard InChI is InChI=1S/C21H26N4O3/c1-13-20(15-9-11-25(13)12-10-15)24-21(27)16-3-5-17(6-4-16)28-19-8-7-18(23-19)22-14(2)26/h3-8,13,15,20,23H,9-12H2,1-2H3,(H,22,26)(H,24,27). The summed E-state index contributed by atoms with van der Waals surface area (Å²) in [6.07, 6.45) is 2.33. The van der Waals surface area contributed by atoms with Crippen molar-refractivity contribution in [1.82, 2.24) is 15.2 Å². The number of nitrogens with one attached hydrogen (secondary N) is 3. The van der Waals surface area contributed by atoms with E-state index < -0.39 is 0 Å². The van der Waals surface area contributed by atoms with Gasteiger partial charge in [0, 0.05) is 30.6 Å². The zero-order valence-electron chi connectivity index (χ0n) is 16.2. The molecule has 0 saturated carbocycles. The van der Waals surface area contributed by atoms with Gasteiger partial charge in [0.2, 0.25) is 5.91 Å². The average molecular weight is 382 g/mol. The fourth-order valence-corrected chi connectivity index (χ4v) is 4.28. The van der Waals surface area contributed by atoms with Gasteiger partial charge in [0.05, 0.1) is 0 Å². The van der Waals surface area contributed by atoms with Crippen LogP contribution in [-0.4, -0.2) is 46.9 Å². The van der Waals surface area contributed by atoms with E-state index in [1.807, 2.05) is 0 Å². The summed E-state index contributed by atoms with van der Waals surface area (Å²) >= 11 is 0. The van der Waals surface area contributed by atoms with Crippen molar-refractivity contribution < 1.29 is 14.3 Å². The number of benzene rings is 1. The van der Waals surface area contributed by atoms with Gasteiger partial charge >= 0.3 is 0 Å². The normalized spacial score (nSPS) is 25.9. The van der Waals surface area contributed by atoms with Crippen molar-refractivity contribution in [3.8, 4) is 11.6 Å². The molecule has 2 amide bonds. The molecule has 3 aliphatic heterocycles. The van der Waals surface area contributed by atoms with Crippen molar-refractivity contribution >= 4 is 17.6 Å². The minimum Gasteiger partial charge on any atom is -0.441 e. The van der Waals surface area contributed by atoms with Crippen LogP contribution in [-0.2, 0) is 4.79 Å². The van der Waals surface area contributed by atoms with E-state index in [4.69, 9.17) is 4.74 Å². The van der Waals surface area contributed by atoms with Crippen LogP contribution in [0.5, 0.6) is 11.6 Å². The summed E-state index contributed by atoms with van der Waals surface area (Å²) < 4.78 is 5.74. The van der Waals surface area contributed by atoms with Crippen LogP contribution in [0, 0.1) is 5.92 Å². The third kappa shape index (κ3) is 3.89. The molecule has 3 N–H and O–H groups in total. The van der Waals surface area contributed by atoms with Gasteiger partial charge in [-0.3, -0.25) is 14.5 Å². The number of rotatable bonds is 5. The summed E-state index contributed by atoms with van der Waals surface area (Å²) in [4.78, 5) is 29.2. The number of hydrogen-bond acceptors (Lipinski definition) is 4. The predicted octanol–water partition coefficient (Wildman–Crippen LogP) is 2.98. The van der Waals surface area contributed by atoms with Crippen molar-refractivity contribution in [1.29, 1.82) is 0 Å². The molecule has 3 fully saturated rings. The molecule has 3 aliphatic rings. The number of piperidine rings is 3. The van der Waals surface area contributed by atoms with Gasteiger partial charge in [-0.1, -0.05) is 0 Å². The molecule has 2 unspecified atom stereocenters. The maximum Gasteiger partial charge on any atom is 0.251 e. The molecule has 2 bridgehead atoms. The van der Waals surface area contributed by atoms with E-state index in [9.17, 15) is 9.59 Å². The Hall–Kier alpha value is -2.80. The van der Waals surface area contributed by atoms with Crippen molar-refractivity contribution in [3.63, 3.8) is 0 Å². The van der Waals surface area contributed by atoms with E-state index >= 15 is 0 Å². The summed E-state index contributed by atoms with van der Waals surface area (Å²) in [6, 6.07) is 11.2. The maximum absolute atomic E-state index is 12.7. The molecule has 3 saturated heterocycles. The number of aromatic nitrogens is 1. The first-order valence-corrected chi connectivity index (χ1v) is 9.79. The third-order valence-corrected chi connectivity index (χ3v) is 5.79. The summed E-state index contributed by atoms with van der Waals surface area (Å²) in [5.74, 6) is 2.10. The summed E-state index contributed by atoms with van der Waals surface area (Å²) in [6.45, 7) is 5.94. The topological polar surface area (TPSA) is 86.5 Å². The van der Waals surface area contributed by atoms with Crippen LogP contribution in [0.3, 0.4) is 0 Å². The monoisotopic (exact) mass is 382 g/mol. The summed E-state index contributed by atoms with van der Waals surface area (Å²) in [5.41, 5.74) is 0.626. The van der Waals surface area contributed by atoms with Crippen LogP contribution in [0.2, 0.25) is 0 Å². The van der Waals surface area contributed by atoms with E-state index in [1.54, 1.807) is 36.4 Å². The van der Waals surface area contributed by atoms with Crippen LogP contribution in [0.15, 0.2) is 36.4 Å². The van der Waals surface area contributed by atoms with Gasteiger partial charge in [0.15, 0.2) is 5.88 Å². The van der Waals surface area contributed by atoms with Gasteiger partial charge in [-0.2, -0.15) is 0 Å². The van der Waals surface area contributed by atoms with Gasteiger partial charge in [0.1, 0.15) is 11.6 Å². The first-order valence-electron chi connectivity index (χ1n) is 9.79. The molecule has 4 heterocycles. The van der Waals surface area contributed by atoms with Crippen LogP contribution in [0.4, 0.5) is 5.82 Å². The summed E-state index contributed by atoms with van der Waals surface area (Å²) in [7, 11) is 0. The van der Waals surface area contributed by atoms with Gasteiger partial charge < -0.3 is 20.4 Å². The van der Waals surface area contributed by atoms with Crippen molar-refractivity contribution in [2.75, 3.05) is 18.4 Å². The zero-order chi connectivity index (χ0) is 19.7. The Morgan fingerprint density at radius 1 is 1.11 bits per heavy atom. The van der Waals surface area contributed by atoms with Crippen LogP contribution >= 0.6 is 0 Å². The van der Waals surface area contributed by atoms with Crippen molar-refractivity contribution in [2.45, 2.75) is 38.8 Å². The lowest BCUT2D eigenvalue weighted by molar-refractivity contribution is -0.114. The number of fused-ring (bicyclic) bond motifs is 3. The lowest BCUT2D eigenvalue weighted by atomic mass is 9.79. The highest BCUT2D eigenvalue weighted by molar-refractivity contribution is 5.94. The lowest BCUT2D eigenvalue weighted by Crippen LogP contribution is -2.62. The highest BCUT2D eigenvalue weighted by atomic mass is 16.5. The molecule has 148 valence electrons. The number of carbonyl (C=O) groups excluding carboxylic acids is 2. The smallest absolute Gasteiger partial charge is 0.251 e. The molecule has 0 spiro atoms. The number of carbonyl (C=O) groups is 2. The first kappa shape index (κ1) is 18.6. The maximum atomic E-state index is 12.7. The molecule has 0 aliphatic carbocycles. The van der Waals surface area contributed by atoms with Crippen LogP contribution in [0.25, 0.3) is 0 Å². The summed E-state index contributed by atoms with van der Waals surface area (Å²) in [5, 5.41) is 5.90. The molecule has 28 heavy (non-hydrogen) atoms. The van der Waals surface area contributed by atoms with Crippen molar-refractivity contribution in [2.24, 2.45) is 5.92 Å². The second-order valence-corrected chi connectivity index (χ2v) is 7.66. The Balaban J connectivity index is 1.37. The van der Waals surface area contributed by atoms with E-state index in [2.05, 4.69) is 27.4 Å². The van der Waals surface area contributed by atoms with Gasteiger partial charge in [-0.05, 0) is 69.1 Å². The third-order valence-electron chi connectivity index (χ3n) is 5.79. The Morgan fingerprint density at radius 3 is 2.46 bits per heavy atom. The molecule has 1 aromatic heterocycles. The minimum absolute atomic E-state index is 0.0371. The fourth-order valence-electron chi connectivity index (χ4n) is 4.28. The zero-order valence-corrected chi connectivity index (χ0v) is 16.2. The lowest BCUT2D eigenvalue weighted by Gasteiger charge is -2.49. The Kier molecular flexibility index (Phi) is 5.09. The Labute approximate surface area is 164 Å². The first-order chi connectivity index (χ1) is 13.5. The Bertz CT molecular complexity index is 851. The Morgan fingerprint density at radius 2 is 1.82 bits per heavy atom. The van der Waals surface area contributed by atoms with Gasteiger partial charge in [-0.15, -0.1) is 0 Å². The van der Waals surface area contributed by atoms with Gasteiger partial charge in [0.25, 0.3) is 5.91 Å². The van der Waals surface area contributed by atoms with Gasteiger partial charge in [-0.25, -0.2) is 0 Å². The molecule has 5 rings (SSSR count). The SMILES string of the molecule is CC(=O)Nc1ccc(Oc2ccc(C(=O)NC3C4CCN(CC4)C3C)cc2)[nH]1. The highest BCUT2D eigenvalue weighted by Gasteiger charge is 2.40. The number of ether oxygens (including phenoxy) is 1. The minimum atomic E-state index is -0.152. The number of aromatic amines is 1. The van der Waals surface area contributed by atoms with Crippen LogP contribution in [0.1, 0.15) is 37.0 Å². The quantitative estimate of drug-likeness (QED) is 0.742. The predicted molar refractivity (Wildman–Crippen MR) is 107 cm³/mol. The molecule has 7 heteroatoms. The van der Waals surface area contributed by atoms with E-state index in [-0.39, 0.29) is 17.9 Å². The van der Waals surface area contributed by atoms with E-state index in [1.165, 1.54) is 19.8 Å². The molecule has 7 nitrogen and oxygen atoms in total. The molecular weight excluding hydrogens is 356 g/mol. The number of nitrogens with zero attached hydrogens (tertiary/aromatic N) is 1. The van der Waals surface area contributed by atoms with Crippen molar-refractivity contribution in [3.05, 3.63) is 42.0 Å². The second-order valence-electron chi connectivity index (χ2n) is 7.66. The number of hydrogen-bond donors (Lipinski definition) is 3. The molecular formula is C21H26N4O3. The van der Waals surface area contributed by atoms with E-state index in [0.717, 1.165) is 13.1 Å². The number of amides is 2. The average Bonchev–Trinajstić information content (AvgIpc) is 3.11. The highest BCUT2D eigenvalue weighted by Crippen LogP contribution is 2.32. The molecule has 0 radical (unpaired) electrons. The van der Waals surface area contributed by atoms with E-state index in [0.29, 0.717) is 35.0 Å². The molecule has 2 atom stereocenters. The molecule has 1 aromatic carbocycles. The van der Waals surface area contributed by atoms with Crippen LogP contribution < -0.4 is 15.4 Å². The largest absolute Gasteiger partial charge is 0.441 e. The number of anilines is 1.